The molecule has 1 saturated heterocycles. The number of hydrogen-bond donors (Lipinski definition) is 0. The van der Waals surface area contributed by atoms with Crippen LogP contribution in [0.3, 0.4) is 0 Å². The van der Waals surface area contributed by atoms with Crippen molar-refractivity contribution in [3.8, 4) is 0 Å². The molecule has 0 unspecified atom stereocenters. The van der Waals surface area contributed by atoms with Crippen LogP contribution in [0.1, 0.15) is 24.8 Å². The van der Waals surface area contributed by atoms with E-state index < -0.39 is 0 Å². The normalized spacial score (nSPS) is 15.6. The van der Waals surface area contributed by atoms with Crippen molar-refractivity contribution < 1.29 is 0 Å². The van der Waals surface area contributed by atoms with Crippen molar-refractivity contribution in [3.05, 3.63) is 35.9 Å². The second-order valence-corrected chi connectivity index (χ2v) is 4.54. The van der Waals surface area contributed by atoms with Gasteiger partial charge in [0.05, 0.1) is 4.99 Å². The summed E-state index contributed by atoms with van der Waals surface area (Å²) >= 11 is 5.44. The first-order valence-electron chi connectivity index (χ1n) is 5.68. The van der Waals surface area contributed by atoms with Crippen LogP contribution in [0, 0.1) is 0 Å². The van der Waals surface area contributed by atoms with Gasteiger partial charge in [0.2, 0.25) is 0 Å². The lowest BCUT2D eigenvalue weighted by Crippen LogP contribution is -2.26. The summed E-state index contributed by atoms with van der Waals surface area (Å²) in [4.78, 5) is 3.51. The monoisotopic (exact) mass is 219 g/mol. The van der Waals surface area contributed by atoms with Gasteiger partial charge in [0.25, 0.3) is 0 Å². The summed E-state index contributed by atoms with van der Waals surface area (Å²) in [6.07, 6.45) is 4.73. The Morgan fingerprint density at radius 2 is 1.80 bits per heavy atom. The fourth-order valence-electron chi connectivity index (χ4n) is 2.02. The zero-order valence-electron chi connectivity index (χ0n) is 8.98. The van der Waals surface area contributed by atoms with Gasteiger partial charge in [-0.1, -0.05) is 42.5 Å². The summed E-state index contributed by atoms with van der Waals surface area (Å²) in [5, 5.41) is 0. The maximum atomic E-state index is 5.44. The number of benzene rings is 1. The maximum absolute atomic E-state index is 5.44. The molecule has 1 aliphatic heterocycles. The van der Waals surface area contributed by atoms with Crippen molar-refractivity contribution >= 4 is 17.2 Å². The molecule has 2 rings (SSSR count). The van der Waals surface area contributed by atoms with Gasteiger partial charge in [-0.15, -0.1) is 0 Å². The van der Waals surface area contributed by atoms with Gasteiger partial charge in [0, 0.05) is 19.5 Å². The minimum atomic E-state index is 1.03. The van der Waals surface area contributed by atoms with E-state index in [-0.39, 0.29) is 0 Å². The van der Waals surface area contributed by atoms with E-state index in [0.29, 0.717) is 0 Å². The SMILES string of the molecule is S=C(CCc1ccccc1)N1CCCC1. The van der Waals surface area contributed by atoms with Gasteiger partial charge in [0.15, 0.2) is 0 Å². The zero-order chi connectivity index (χ0) is 10.5. The highest BCUT2D eigenvalue weighted by molar-refractivity contribution is 7.80. The van der Waals surface area contributed by atoms with Crippen LogP contribution in [0.5, 0.6) is 0 Å². The smallest absolute Gasteiger partial charge is 0.0782 e. The molecular formula is C13H17NS. The summed E-state index contributed by atoms with van der Waals surface area (Å²) in [7, 11) is 0. The van der Waals surface area contributed by atoms with E-state index in [1.807, 2.05) is 0 Å². The van der Waals surface area contributed by atoms with Crippen LogP contribution in [0.15, 0.2) is 30.3 Å². The molecule has 15 heavy (non-hydrogen) atoms. The van der Waals surface area contributed by atoms with Crippen molar-refractivity contribution in [2.75, 3.05) is 13.1 Å². The molecular weight excluding hydrogens is 202 g/mol. The molecule has 0 N–H and O–H groups in total. The van der Waals surface area contributed by atoms with Gasteiger partial charge in [-0.05, 0) is 24.8 Å². The number of thiocarbonyl (C=S) groups is 1. The Kier molecular flexibility index (Phi) is 3.73. The van der Waals surface area contributed by atoms with Gasteiger partial charge >= 0.3 is 0 Å². The Hall–Kier alpha value is -0.890. The Morgan fingerprint density at radius 3 is 2.47 bits per heavy atom. The Bertz CT molecular complexity index is 315. The molecule has 0 saturated carbocycles. The summed E-state index contributed by atoms with van der Waals surface area (Å²) in [5.41, 5.74) is 1.39. The molecule has 1 fully saturated rings. The van der Waals surface area contributed by atoms with E-state index in [1.54, 1.807) is 0 Å². The molecule has 0 spiro atoms. The van der Waals surface area contributed by atoms with Crippen molar-refractivity contribution in [1.29, 1.82) is 0 Å². The first-order valence-corrected chi connectivity index (χ1v) is 6.09. The molecule has 1 nitrogen and oxygen atoms in total. The van der Waals surface area contributed by atoms with E-state index in [4.69, 9.17) is 12.2 Å². The fourth-order valence-corrected chi connectivity index (χ4v) is 2.31. The van der Waals surface area contributed by atoms with Crippen molar-refractivity contribution in [3.63, 3.8) is 0 Å². The topological polar surface area (TPSA) is 3.24 Å². The number of nitrogens with zero attached hydrogens (tertiary/aromatic N) is 1. The van der Waals surface area contributed by atoms with Crippen molar-refractivity contribution in [2.45, 2.75) is 25.7 Å². The molecule has 1 aliphatic rings. The summed E-state index contributed by atoms with van der Waals surface area (Å²) in [6.45, 7) is 2.35. The van der Waals surface area contributed by atoms with E-state index >= 15 is 0 Å². The van der Waals surface area contributed by atoms with Crippen LogP contribution in [0.25, 0.3) is 0 Å². The Morgan fingerprint density at radius 1 is 1.13 bits per heavy atom. The predicted octanol–water partition coefficient (Wildman–Crippen LogP) is 3.04. The number of hydrogen-bond acceptors (Lipinski definition) is 1. The quantitative estimate of drug-likeness (QED) is 0.719. The third-order valence-corrected chi connectivity index (χ3v) is 3.39. The summed E-state index contributed by atoms with van der Waals surface area (Å²) in [6, 6.07) is 10.6. The van der Waals surface area contributed by atoms with Gasteiger partial charge in [-0.25, -0.2) is 0 Å². The fraction of sp³-hybridized carbons (Fsp3) is 0.462. The van der Waals surface area contributed by atoms with E-state index in [0.717, 1.165) is 17.8 Å². The van der Waals surface area contributed by atoms with Crippen LogP contribution in [0.4, 0.5) is 0 Å². The van der Waals surface area contributed by atoms with Crippen LogP contribution < -0.4 is 0 Å². The molecule has 0 amide bonds. The molecule has 2 heteroatoms. The van der Waals surface area contributed by atoms with Gasteiger partial charge in [-0.3, -0.25) is 0 Å². The van der Waals surface area contributed by atoms with Gasteiger partial charge in [0.1, 0.15) is 0 Å². The third-order valence-electron chi connectivity index (χ3n) is 2.93. The molecule has 0 bridgehead atoms. The van der Waals surface area contributed by atoms with Gasteiger partial charge < -0.3 is 4.90 Å². The molecule has 1 heterocycles. The lowest BCUT2D eigenvalue weighted by Gasteiger charge is -2.18. The number of aryl methyl sites for hydroxylation is 1. The predicted molar refractivity (Wildman–Crippen MR) is 68.2 cm³/mol. The minimum Gasteiger partial charge on any atom is -0.366 e. The van der Waals surface area contributed by atoms with Gasteiger partial charge in [-0.2, -0.15) is 0 Å². The molecule has 0 aromatic heterocycles. The van der Waals surface area contributed by atoms with Crippen molar-refractivity contribution in [2.24, 2.45) is 0 Å². The molecule has 1 aromatic carbocycles. The van der Waals surface area contributed by atoms with Crippen molar-refractivity contribution in [1.82, 2.24) is 4.90 Å². The molecule has 0 radical (unpaired) electrons. The first-order chi connectivity index (χ1) is 7.36. The molecule has 0 aliphatic carbocycles. The Balaban J connectivity index is 1.80. The second-order valence-electron chi connectivity index (χ2n) is 4.07. The van der Waals surface area contributed by atoms with Crippen LogP contribution in [-0.2, 0) is 6.42 Å². The highest BCUT2D eigenvalue weighted by Gasteiger charge is 2.13. The van der Waals surface area contributed by atoms with E-state index in [1.165, 1.54) is 31.5 Å². The van der Waals surface area contributed by atoms with E-state index in [9.17, 15) is 0 Å². The largest absolute Gasteiger partial charge is 0.366 e. The maximum Gasteiger partial charge on any atom is 0.0782 e. The average Bonchev–Trinajstić information content (AvgIpc) is 2.81. The first kappa shape index (κ1) is 10.6. The molecule has 0 atom stereocenters. The summed E-state index contributed by atoms with van der Waals surface area (Å²) < 4.78 is 0. The highest BCUT2D eigenvalue weighted by Crippen LogP contribution is 2.12. The van der Waals surface area contributed by atoms with Crippen LogP contribution >= 0.6 is 12.2 Å². The van der Waals surface area contributed by atoms with Crippen LogP contribution in [0.2, 0.25) is 0 Å². The lowest BCUT2D eigenvalue weighted by atomic mass is 10.1. The third kappa shape index (κ3) is 3.03. The molecule has 80 valence electrons. The Labute approximate surface area is 97.1 Å². The van der Waals surface area contributed by atoms with Crippen LogP contribution in [-0.4, -0.2) is 23.0 Å². The minimum absolute atomic E-state index is 1.03. The summed E-state index contributed by atoms with van der Waals surface area (Å²) in [5.74, 6) is 0. The second kappa shape index (κ2) is 5.26. The van der Waals surface area contributed by atoms with E-state index in [2.05, 4.69) is 35.2 Å². The average molecular weight is 219 g/mol. The highest BCUT2D eigenvalue weighted by atomic mass is 32.1. The number of likely N-dealkylation sites (tertiary alicyclic amines) is 1. The standard InChI is InChI=1S/C13H17NS/c15-13(14-10-4-5-11-14)9-8-12-6-2-1-3-7-12/h1-3,6-7H,4-5,8-11H2. The lowest BCUT2D eigenvalue weighted by molar-refractivity contribution is 0.517. The zero-order valence-corrected chi connectivity index (χ0v) is 9.80. The number of rotatable bonds is 3. The molecule has 1 aromatic rings.